The molecule has 0 saturated heterocycles. The number of rotatable bonds is 5. The molecule has 0 aromatic heterocycles. The highest BCUT2D eigenvalue weighted by Gasteiger charge is 2.28. The van der Waals surface area contributed by atoms with Gasteiger partial charge in [0.15, 0.2) is 0 Å². The topological polar surface area (TPSA) is 43.2 Å². The van der Waals surface area contributed by atoms with Gasteiger partial charge in [0, 0.05) is 22.3 Å². The maximum atomic E-state index is 6.15. The maximum absolute atomic E-state index is 6.15. The minimum absolute atomic E-state index is 0.203. The summed E-state index contributed by atoms with van der Waals surface area (Å²) in [7, 11) is 0. The van der Waals surface area contributed by atoms with E-state index in [9.17, 15) is 0 Å². The Morgan fingerprint density at radius 2 is 1.06 bits per heavy atom. The Hall–Kier alpha value is -3.66. The van der Waals surface area contributed by atoms with Crippen molar-refractivity contribution in [1.82, 2.24) is 0 Å². The molecule has 2 heterocycles. The molecule has 4 aromatic rings. The van der Waals surface area contributed by atoms with Crippen LogP contribution < -0.4 is 0 Å². The molecule has 0 fully saturated rings. The smallest absolute Gasteiger partial charge is 0.217 e. The van der Waals surface area contributed by atoms with E-state index in [0.717, 1.165) is 46.9 Å². The number of benzene rings is 4. The predicted molar refractivity (Wildman–Crippen MR) is 140 cm³/mol. The van der Waals surface area contributed by atoms with E-state index in [0.29, 0.717) is 13.2 Å². The van der Waals surface area contributed by atoms with Crippen molar-refractivity contribution in [3.63, 3.8) is 0 Å². The van der Waals surface area contributed by atoms with Crippen molar-refractivity contribution < 1.29 is 9.47 Å². The largest absolute Gasteiger partial charge is 0.475 e. The van der Waals surface area contributed by atoms with Gasteiger partial charge in [0.05, 0.1) is 12.1 Å². The number of ether oxygens (including phenoxy) is 2. The van der Waals surface area contributed by atoms with Gasteiger partial charge >= 0.3 is 0 Å². The molecular formula is C30H28N2O2. The van der Waals surface area contributed by atoms with Gasteiger partial charge in [-0.25, -0.2) is 9.98 Å². The third-order valence-corrected chi connectivity index (χ3v) is 6.94. The Balaban J connectivity index is 1.71. The minimum Gasteiger partial charge on any atom is -0.475 e. The molecule has 0 bridgehead atoms. The fraction of sp³-hybridized carbons (Fsp3) is 0.267. The molecule has 0 radical (unpaired) electrons. The van der Waals surface area contributed by atoms with Gasteiger partial charge in [-0.3, -0.25) is 0 Å². The highest BCUT2D eigenvalue weighted by molar-refractivity contribution is 6.19. The van der Waals surface area contributed by atoms with E-state index in [2.05, 4.69) is 86.6 Å². The molecule has 0 saturated carbocycles. The Morgan fingerprint density at radius 3 is 1.47 bits per heavy atom. The van der Waals surface area contributed by atoms with Gasteiger partial charge in [-0.15, -0.1) is 0 Å². The fourth-order valence-corrected chi connectivity index (χ4v) is 4.98. The van der Waals surface area contributed by atoms with E-state index in [4.69, 9.17) is 19.5 Å². The Morgan fingerprint density at radius 1 is 0.618 bits per heavy atom. The first-order valence-corrected chi connectivity index (χ1v) is 12.2. The van der Waals surface area contributed by atoms with Crippen molar-refractivity contribution in [2.75, 3.05) is 13.2 Å². The van der Waals surface area contributed by atoms with Crippen molar-refractivity contribution in [3.05, 3.63) is 83.9 Å². The van der Waals surface area contributed by atoms with Gasteiger partial charge in [0.1, 0.15) is 13.2 Å². The monoisotopic (exact) mass is 448 g/mol. The molecule has 2 aliphatic rings. The molecule has 4 aromatic carbocycles. The second kappa shape index (κ2) is 8.60. The van der Waals surface area contributed by atoms with Gasteiger partial charge in [0.25, 0.3) is 0 Å². The molecule has 0 unspecified atom stereocenters. The first kappa shape index (κ1) is 20.9. The van der Waals surface area contributed by atoms with E-state index in [1.165, 1.54) is 21.5 Å². The summed E-state index contributed by atoms with van der Waals surface area (Å²) in [4.78, 5) is 9.87. The molecule has 34 heavy (non-hydrogen) atoms. The number of hydrogen-bond donors (Lipinski definition) is 0. The standard InChI is InChI=1S/C30H28N2O2/c1-3-21-17-33-29(31-21)25-15-13-19-9-5-7-11-23(19)27(25)28-24-12-8-6-10-20(24)14-16-26(28)30-32-22(4-2)18-34-30/h5-16,21-22H,3-4,17-18H2,1-2H3/t21-,22-/m1/s1. The maximum Gasteiger partial charge on any atom is 0.217 e. The summed E-state index contributed by atoms with van der Waals surface area (Å²) in [6, 6.07) is 26.1. The zero-order valence-electron chi connectivity index (χ0n) is 19.6. The number of nitrogens with zero attached hydrogens (tertiary/aromatic N) is 2. The second-order valence-corrected chi connectivity index (χ2v) is 9.03. The van der Waals surface area contributed by atoms with Crippen LogP contribution in [0, 0.1) is 0 Å². The Bertz CT molecular complexity index is 1340. The van der Waals surface area contributed by atoms with Gasteiger partial charge in [-0.2, -0.15) is 0 Å². The molecule has 4 nitrogen and oxygen atoms in total. The van der Waals surface area contributed by atoms with E-state index in [1.54, 1.807) is 0 Å². The first-order valence-electron chi connectivity index (χ1n) is 12.2. The van der Waals surface area contributed by atoms with Crippen LogP contribution >= 0.6 is 0 Å². The van der Waals surface area contributed by atoms with Crippen LogP contribution in [0.15, 0.2) is 82.8 Å². The third kappa shape index (κ3) is 3.45. The lowest BCUT2D eigenvalue weighted by atomic mass is 9.87. The van der Waals surface area contributed by atoms with Crippen molar-refractivity contribution in [3.8, 4) is 11.1 Å². The first-order chi connectivity index (χ1) is 16.8. The zero-order chi connectivity index (χ0) is 23.1. The zero-order valence-corrected chi connectivity index (χ0v) is 19.6. The third-order valence-electron chi connectivity index (χ3n) is 6.94. The van der Waals surface area contributed by atoms with E-state index >= 15 is 0 Å². The summed E-state index contributed by atoms with van der Waals surface area (Å²) in [5, 5.41) is 4.72. The van der Waals surface area contributed by atoms with Crippen molar-refractivity contribution in [2.45, 2.75) is 38.8 Å². The van der Waals surface area contributed by atoms with Crippen LogP contribution in [0.5, 0.6) is 0 Å². The molecule has 0 aliphatic carbocycles. The van der Waals surface area contributed by atoms with Gasteiger partial charge in [0.2, 0.25) is 11.8 Å². The quantitative estimate of drug-likeness (QED) is 0.338. The van der Waals surface area contributed by atoms with Crippen LogP contribution in [0.2, 0.25) is 0 Å². The SMILES string of the molecule is CC[C@@H]1COC(c2ccc3ccccc3c2-c2c(C3=N[C@H](CC)CO3)ccc3ccccc23)=N1. The summed E-state index contributed by atoms with van der Waals surface area (Å²) in [5.74, 6) is 1.46. The van der Waals surface area contributed by atoms with Crippen LogP contribution in [0.25, 0.3) is 32.7 Å². The van der Waals surface area contributed by atoms with E-state index in [1.807, 2.05) is 0 Å². The van der Waals surface area contributed by atoms with Crippen molar-refractivity contribution in [2.24, 2.45) is 9.98 Å². The molecular weight excluding hydrogens is 420 g/mol. The lowest BCUT2D eigenvalue weighted by Crippen LogP contribution is -2.09. The molecule has 0 amide bonds. The normalized spacial score (nSPS) is 19.7. The Labute approximate surface area is 200 Å². The molecule has 0 N–H and O–H groups in total. The van der Waals surface area contributed by atoms with Crippen molar-refractivity contribution in [1.29, 1.82) is 0 Å². The average molecular weight is 449 g/mol. The lowest BCUT2D eigenvalue weighted by molar-refractivity contribution is 0.315. The summed E-state index contributed by atoms with van der Waals surface area (Å²) < 4.78 is 12.3. The minimum atomic E-state index is 0.203. The van der Waals surface area contributed by atoms with Gasteiger partial charge < -0.3 is 9.47 Å². The summed E-state index contributed by atoms with van der Waals surface area (Å²) in [6.07, 6.45) is 1.93. The summed E-state index contributed by atoms with van der Waals surface area (Å²) in [6.45, 7) is 5.58. The second-order valence-electron chi connectivity index (χ2n) is 9.03. The van der Waals surface area contributed by atoms with Crippen LogP contribution in [0.4, 0.5) is 0 Å². The summed E-state index contributed by atoms with van der Waals surface area (Å²) >= 11 is 0. The predicted octanol–water partition coefficient (Wildman–Crippen LogP) is 6.77. The molecule has 2 aliphatic heterocycles. The summed E-state index contributed by atoms with van der Waals surface area (Å²) in [5.41, 5.74) is 4.31. The molecule has 2 atom stereocenters. The fourth-order valence-electron chi connectivity index (χ4n) is 4.98. The highest BCUT2D eigenvalue weighted by Crippen LogP contribution is 2.41. The highest BCUT2D eigenvalue weighted by atomic mass is 16.5. The molecule has 0 spiro atoms. The van der Waals surface area contributed by atoms with Crippen LogP contribution in [-0.4, -0.2) is 37.1 Å². The van der Waals surface area contributed by atoms with Crippen LogP contribution in [0.1, 0.15) is 37.8 Å². The van der Waals surface area contributed by atoms with Crippen LogP contribution in [0.3, 0.4) is 0 Å². The Kier molecular flexibility index (Phi) is 5.29. The van der Waals surface area contributed by atoms with Gasteiger partial charge in [-0.05, 0) is 46.5 Å². The number of fused-ring (bicyclic) bond motifs is 2. The van der Waals surface area contributed by atoms with E-state index < -0.39 is 0 Å². The molecule has 6 rings (SSSR count). The van der Waals surface area contributed by atoms with Gasteiger partial charge in [-0.1, -0.05) is 74.5 Å². The van der Waals surface area contributed by atoms with Crippen LogP contribution in [-0.2, 0) is 9.47 Å². The molecule has 4 heteroatoms. The molecule has 170 valence electrons. The lowest BCUT2D eigenvalue weighted by Gasteiger charge is -2.19. The number of aliphatic imine (C=N–C) groups is 2. The van der Waals surface area contributed by atoms with Crippen molar-refractivity contribution >= 4 is 33.3 Å². The van der Waals surface area contributed by atoms with E-state index in [-0.39, 0.29) is 12.1 Å². The number of hydrogen-bond acceptors (Lipinski definition) is 4. The average Bonchev–Trinajstić information content (AvgIpc) is 3.57.